The maximum atomic E-state index is 5.86. The number of likely N-dealkylation sites (N-methyl/N-ethyl adjacent to an activating group) is 1. The highest BCUT2D eigenvalue weighted by Gasteiger charge is 2.27. The summed E-state index contributed by atoms with van der Waals surface area (Å²) in [4.78, 5) is 19.8. The number of piperidine rings is 1. The number of aromatic nitrogens is 2. The zero-order valence-corrected chi connectivity index (χ0v) is 26.7. The molecule has 0 radical (unpaired) electrons. The Hall–Kier alpha value is -2.70. The van der Waals surface area contributed by atoms with Crippen LogP contribution in [0.25, 0.3) is 0 Å². The first kappa shape index (κ1) is 29.4. The first-order valence-electron chi connectivity index (χ1n) is 14.8. The molecule has 3 aromatic rings. The Morgan fingerprint density at radius 1 is 0.952 bits per heavy atom. The number of anilines is 5. The van der Waals surface area contributed by atoms with Crippen LogP contribution < -0.4 is 20.3 Å². The van der Waals surface area contributed by atoms with Crippen molar-refractivity contribution < 1.29 is 4.74 Å². The highest BCUT2D eigenvalue weighted by molar-refractivity contribution is 7.99. The van der Waals surface area contributed by atoms with Crippen LogP contribution in [0.15, 0.2) is 52.3 Å². The van der Waals surface area contributed by atoms with E-state index in [2.05, 4.69) is 93.2 Å². The summed E-state index contributed by atoms with van der Waals surface area (Å²) in [6.07, 6.45) is 3.35. The summed E-state index contributed by atoms with van der Waals surface area (Å²) in [5.41, 5.74) is 4.19. The van der Waals surface area contributed by atoms with E-state index in [0.29, 0.717) is 12.0 Å². The number of thioether (sulfide) groups is 1. The van der Waals surface area contributed by atoms with Crippen LogP contribution in [0.3, 0.4) is 0 Å². The second-order valence-corrected chi connectivity index (χ2v) is 13.8. The Labute approximate surface area is 258 Å². The number of hydrogen-bond acceptors (Lipinski definition) is 11. The third kappa shape index (κ3) is 6.75. The van der Waals surface area contributed by atoms with Gasteiger partial charge in [-0.2, -0.15) is 4.98 Å². The third-order valence-electron chi connectivity index (χ3n) is 8.26. The van der Waals surface area contributed by atoms with Crippen LogP contribution in [-0.2, 0) is 6.42 Å². The highest BCUT2D eigenvalue weighted by atomic mass is 32.2. The summed E-state index contributed by atoms with van der Waals surface area (Å²) < 4.78 is 7.96. The van der Waals surface area contributed by atoms with Crippen LogP contribution in [0, 0.1) is 0 Å². The van der Waals surface area contributed by atoms with E-state index in [-0.39, 0.29) is 0 Å². The van der Waals surface area contributed by atoms with Gasteiger partial charge in [0.2, 0.25) is 5.95 Å². The van der Waals surface area contributed by atoms with Gasteiger partial charge >= 0.3 is 0 Å². The maximum Gasteiger partial charge on any atom is 0.229 e. The van der Waals surface area contributed by atoms with Crippen molar-refractivity contribution in [1.29, 1.82) is 0 Å². The predicted octanol–water partition coefficient (Wildman–Crippen LogP) is 5.41. The fraction of sp³-hybridized carbons (Fsp3) is 0.484. The van der Waals surface area contributed by atoms with Crippen LogP contribution in [0.4, 0.5) is 28.8 Å². The van der Waals surface area contributed by atoms with Crippen LogP contribution in [0.2, 0.25) is 0 Å². The van der Waals surface area contributed by atoms with Gasteiger partial charge in [0.05, 0.1) is 29.1 Å². The van der Waals surface area contributed by atoms with Gasteiger partial charge in [-0.3, -0.25) is 9.21 Å². The average Bonchev–Trinajstić information content (AvgIpc) is 3.48. The third-order valence-corrected chi connectivity index (χ3v) is 10.3. The van der Waals surface area contributed by atoms with Gasteiger partial charge in [0.1, 0.15) is 11.6 Å². The van der Waals surface area contributed by atoms with E-state index in [1.165, 1.54) is 44.7 Å². The predicted molar refractivity (Wildman–Crippen MR) is 176 cm³/mol. The molecular formula is C31H42N8OS2. The number of benzene rings is 2. The molecular weight excluding hydrogens is 565 g/mol. The molecule has 2 aromatic carbocycles. The van der Waals surface area contributed by atoms with Gasteiger partial charge in [-0.05, 0) is 70.2 Å². The highest BCUT2D eigenvalue weighted by Crippen LogP contribution is 2.40. The smallest absolute Gasteiger partial charge is 0.229 e. The molecule has 42 heavy (non-hydrogen) atoms. The number of nitrogens with one attached hydrogen (secondary N) is 2. The number of methoxy groups -OCH3 is 1. The number of ether oxygens (including phenoxy) is 1. The Morgan fingerprint density at radius 2 is 1.74 bits per heavy atom. The number of fused-ring (bicyclic) bond motifs is 1. The lowest BCUT2D eigenvalue weighted by Gasteiger charge is -2.42. The number of piperazine rings is 1. The minimum absolute atomic E-state index is 0.579. The van der Waals surface area contributed by atoms with Gasteiger partial charge in [0.15, 0.2) is 0 Å². The van der Waals surface area contributed by atoms with Crippen LogP contribution in [0.1, 0.15) is 18.5 Å². The van der Waals surface area contributed by atoms with Gasteiger partial charge < -0.3 is 25.2 Å². The summed E-state index contributed by atoms with van der Waals surface area (Å²) in [6, 6.07) is 15.5. The Kier molecular flexibility index (Phi) is 9.30. The van der Waals surface area contributed by atoms with Gasteiger partial charge in [0, 0.05) is 74.1 Å². The minimum Gasteiger partial charge on any atom is -0.494 e. The standard InChI is InChI=1S/C31H42N8OS2/c1-36(2)42-28-8-6-5-7-25(28)32-30-29-26(13-20-41-29)34-31(35-30)33-24-10-9-23(21-27(24)40-4)38-14-11-22(12-15-38)39-18-16-37(3)17-19-39/h5-10,21-22H,11-20H2,1-4H3,(H2,32,33,34,35). The maximum absolute atomic E-state index is 5.86. The van der Waals surface area contributed by atoms with E-state index in [0.717, 1.165) is 63.7 Å². The fourth-order valence-electron chi connectivity index (χ4n) is 5.96. The van der Waals surface area contributed by atoms with E-state index in [4.69, 9.17) is 14.7 Å². The molecule has 0 bridgehead atoms. The SMILES string of the molecule is COc1cc(N2CCC(N3CCN(C)CC3)CC2)ccc1Nc1nc2c(c(Nc3ccccc3SN(C)C)n1)SCC2. The summed E-state index contributed by atoms with van der Waals surface area (Å²) in [5.74, 6) is 3.24. The molecule has 4 heterocycles. The molecule has 0 amide bonds. The lowest BCUT2D eigenvalue weighted by molar-refractivity contribution is 0.0982. The number of para-hydroxylation sites is 1. The summed E-state index contributed by atoms with van der Waals surface area (Å²) >= 11 is 3.51. The van der Waals surface area contributed by atoms with Crippen molar-refractivity contribution in [1.82, 2.24) is 24.1 Å². The largest absolute Gasteiger partial charge is 0.494 e. The van der Waals surface area contributed by atoms with Crippen molar-refractivity contribution in [2.75, 3.05) is 88.8 Å². The molecule has 3 aliphatic heterocycles. The van der Waals surface area contributed by atoms with Gasteiger partial charge in [-0.25, -0.2) is 4.98 Å². The second kappa shape index (κ2) is 13.3. The summed E-state index contributed by atoms with van der Waals surface area (Å²) in [5, 5.41) is 7.08. The van der Waals surface area contributed by atoms with Gasteiger partial charge in [-0.1, -0.05) is 12.1 Å². The van der Waals surface area contributed by atoms with Gasteiger partial charge in [-0.15, -0.1) is 11.8 Å². The zero-order chi connectivity index (χ0) is 29.1. The topological polar surface area (TPSA) is 72.0 Å². The molecule has 0 aliphatic carbocycles. The molecule has 0 unspecified atom stereocenters. The molecule has 0 spiro atoms. The number of aryl methyl sites for hydroxylation is 1. The first-order chi connectivity index (χ1) is 20.5. The molecule has 2 fully saturated rings. The Morgan fingerprint density at radius 3 is 2.50 bits per heavy atom. The normalized spacial score (nSPS) is 18.4. The molecule has 224 valence electrons. The molecule has 11 heteroatoms. The van der Waals surface area contributed by atoms with Crippen molar-refractivity contribution in [3.8, 4) is 5.75 Å². The lowest BCUT2D eigenvalue weighted by Crippen LogP contribution is -2.52. The summed E-state index contributed by atoms with van der Waals surface area (Å²) in [6.45, 7) is 6.88. The van der Waals surface area contributed by atoms with Crippen molar-refractivity contribution in [3.63, 3.8) is 0 Å². The van der Waals surface area contributed by atoms with Crippen LogP contribution in [-0.4, -0.2) is 103 Å². The van der Waals surface area contributed by atoms with Crippen LogP contribution in [0.5, 0.6) is 5.75 Å². The second-order valence-electron chi connectivity index (χ2n) is 11.4. The number of nitrogens with zero attached hydrogens (tertiary/aromatic N) is 6. The molecule has 0 atom stereocenters. The van der Waals surface area contributed by atoms with Crippen molar-refractivity contribution >= 4 is 52.5 Å². The molecule has 6 rings (SSSR count). The molecule has 1 aromatic heterocycles. The molecule has 9 nitrogen and oxygen atoms in total. The van der Waals surface area contributed by atoms with Crippen molar-refractivity contribution in [3.05, 3.63) is 48.2 Å². The fourth-order valence-corrected chi connectivity index (χ4v) is 7.76. The van der Waals surface area contributed by atoms with Crippen molar-refractivity contribution in [2.24, 2.45) is 0 Å². The Balaban J connectivity index is 1.17. The molecule has 0 saturated carbocycles. The van der Waals surface area contributed by atoms with E-state index < -0.39 is 0 Å². The van der Waals surface area contributed by atoms with E-state index in [9.17, 15) is 0 Å². The quantitative estimate of drug-likeness (QED) is 0.308. The van der Waals surface area contributed by atoms with E-state index in [1.807, 2.05) is 11.8 Å². The van der Waals surface area contributed by atoms with Gasteiger partial charge in [0.25, 0.3) is 0 Å². The summed E-state index contributed by atoms with van der Waals surface area (Å²) in [7, 11) is 8.06. The average molecular weight is 607 g/mol. The minimum atomic E-state index is 0.579. The zero-order valence-electron chi connectivity index (χ0n) is 25.1. The number of rotatable bonds is 9. The van der Waals surface area contributed by atoms with Crippen LogP contribution >= 0.6 is 23.7 Å². The Bertz CT molecular complexity index is 1370. The first-order valence-corrected chi connectivity index (χ1v) is 16.6. The lowest BCUT2D eigenvalue weighted by atomic mass is 10.0. The number of hydrogen-bond donors (Lipinski definition) is 2. The van der Waals surface area contributed by atoms with E-state index >= 15 is 0 Å². The molecule has 3 aliphatic rings. The molecule has 2 N–H and O–H groups in total. The van der Waals surface area contributed by atoms with E-state index in [1.54, 1.807) is 19.1 Å². The van der Waals surface area contributed by atoms with Crippen molar-refractivity contribution in [2.45, 2.75) is 35.1 Å². The molecule has 2 saturated heterocycles. The monoisotopic (exact) mass is 606 g/mol.